The highest BCUT2D eigenvalue weighted by atomic mass is 32.2. The monoisotopic (exact) mass is 665 g/mol. The first-order valence-electron chi connectivity index (χ1n) is 16.9. The molecule has 1 N–H and O–H groups in total. The molecule has 0 aromatic heterocycles. The van der Waals surface area contributed by atoms with Crippen molar-refractivity contribution >= 4 is 27.5 Å². The van der Waals surface area contributed by atoms with E-state index in [2.05, 4.69) is 19.2 Å². The van der Waals surface area contributed by atoms with Crippen molar-refractivity contribution in [2.75, 3.05) is 10.8 Å². The van der Waals surface area contributed by atoms with Gasteiger partial charge in [0.1, 0.15) is 12.6 Å². The molecule has 7 nitrogen and oxygen atoms in total. The smallest absolute Gasteiger partial charge is 0.264 e. The molecule has 0 aliphatic heterocycles. The number of carbonyl (C=O) groups excluding carboxylic acids is 2. The minimum Gasteiger partial charge on any atom is -0.352 e. The first kappa shape index (κ1) is 34.9. The van der Waals surface area contributed by atoms with Crippen LogP contribution in [0.4, 0.5) is 5.69 Å². The average molecular weight is 666 g/mol. The van der Waals surface area contributed by atoms with Crippen molar-refractivity contribution in [2.45, 2.75) is 89.2 Å². The van der Waals surface area contributed by atoms with Crippen LogP contribution in [-0.4, -0.2) is 43.8 Å². The summed E-state index contributed by atoms with van der Waals surface area (Å²) in [6, 6.07) is 30.7. The van der Waals surface area contributed by atoms with Crippen LogP contribution in [0, 0.1) is 13.8 Å². The van der Waals surface area contributed by atoms with Gasteiger partial charge in [-0.15, -0.1) is 0 Å². The van der Waals surface area contributed by atoms with Crippen molar-refractivity contribution in [2.24, 2.45) is 0 Å². The summed E-state index contributed by atoms with van der Waals surface area (Å²) in [6.07, 6.45) is 4.23. The van der Waals surface area contributed by atoms with E-state index in [1.807, 2.05) is 80.6 Å². The fourth-order valence-electron chi connectivity index (χ4n) is 6.20. The van der Waals surface area contributed by atoms with Crippen LogP contribution in [0.3, 0.4) is 0 Å². The summed E-state index contributed by atoms with van der Waals surface area (Å²) in [5.74, 6) is -0.424. The fourth-order valence-corrected chi connectivity index (χ4v) is 7.62. The van der Waals surface area contributed by atoms with Gasteiger partial charge in [-0.3, -0.25) is 13.9 Å². The molecule has 1 atom stereocenters. The number of nitrogens with one attached hydrogen (secondary N) is 1. The minimum absolute atomic E-state index is 0.0602. The van der Waals surface area contributed by atoms with Crippen molar-refractivity contribution in [3.05, 3.63) is 131 Å². The van der Waals surface area contributed by atoms with E-state index >= 15 is 0 Å². The lowest BCUT2D eigenvalue weighted by atomic mass is 10.0. The predicted molar refractivity (Wildman–Crippen MR) is 192 cm³/mol. The Kier molecular flexibility index (Phi) is 11.4. The Balaban J connectivity index is 1.57. The van der Waals surface area contributed by atoms with E-state index < -0.39 is 28.5 Å². The maximum atomic E-state index is 14.7. The number of benzene rings is 4. The molecule has 252 valence electrons. The third-order valence-corrected chi connectivity index (χ3v) is 11.0. The molecular formula is C40H47N3O4S. The molecule has 1 fully saturated rings. The number of amides is 2. The van der Waals surface area contributed by atoms with E-state index in [1.54, 1.807) is 41.3 Å². The van der Waals surface area contributed by atoms with E-state index in [0.29, 0.717) is 12.1 Å². The molecular weight excluding hydrogens is 619 g/mol. The molecule has 0 spiro atoms. The molecule has 0 heterocycles. The lowest BCUT2D eigenvalue weighted by Gasteiger charge is -2.34. The highest BCUT2D eigenvalue weighted by molar-refractivity contribution is 7.92. The molecule has 48 heavy (non-hydrogen) atoms. The Bertz CT molecular complexity index is 1770. The molecule has 5 rings (SSSR count). The van der Waals surface area contributed by atoms with Gasteiger partial charge in [0.2, 0.25) is 11.8 Å². The minimum atomic E-state index is -4.15. The van der Waals surface area contributed by atoms with Crippen LogP contribution in [0.5, 0.6) is 0 Å². The molecule has 1 unspecified atom stereocenters. The molecule has 2 amide bonds. The zero-order chi connectivity index (χ0) is 34.3. The van der Waals surface area contributed by atoms with Crippen LogP contribution < -0.4 is 9.62 Å². The lowest BCUT2D eigenvalue weighted by Crippen LogP contribution is -2.54. The first-order chi connectivity index (χ1) is 23.0. The van der Waals surface area contributed by atoms with Gasteiger partial charge in [-0.2, -0.15) is 0 Å². The van der Waals surface area contributed by atoms with Gasteiger partial charge in [0, 0.05) is 19.0 Å². The summed E-state index contributed by atoms with van der Waals surface area (Å²) in [4.78, 5) is 30.6. The Morgan fingerprint density at radius 3 is 1.94 bits per heavy atom. The van der Waals surface area contributed by atoms with E-state index in [4.69, 9.17) is 0 Å². The van der Waals surface area contributed by atoms with Crippen molar-refractivity contribution in [1.29, 1.82) is 0 Å². The maximum Gasteiger partial charge on any atom is 0.264 e. The topological polar surface area (TPSA) is 86.8 Å². The SMILES string of the molecule is Cc1ccc(CN(C(=O)CN(c2ccc(C(C)C)cc2)S(=O)(=O)c2ccc(C)cc2)C(Cc2ccccc2)C(=O)NC2CCCC2)cc1. The lowest BCUT2D eigenvalue weighted by molar-refractivity contribution is -0.140. The van der Waals surface area contributed by atoms with Gasteiger partial charge in [-0.1, -0.05) is 117 Å². The Labute approximate surface area is 286 Å². The Morgan fingerprint density at radius 2 is 1.35 bits per heavy atom. The number of carbonyl (C=O) groups is 2. The summed E-state index contributed by atoms with van der Waals surface area (Å²) in [5, 5.41) is 3.23. The maximum absolute atomic E-state index is 14.7. The standard InChI is InChI=1S/C40H47N3O4S/c1-29(2)34-20-22-36(23-21-34)43(48(46,47)37-24-16-31(4)17-25-37)28-39(44)42(27-33-18-14-30(3)15-19-33)38(26-32-10-6-5-7-11-32)40(45)41-35-12-8-9-13-35/h5-7,10-11,14-25,29,35,38H,8-9,12-13,26-28H2,1-4H3,(H,41,45). The first-order valence-corrected chi connectivity index (χ1v) is 18.3. The molecule has 1 aliphatic rings. The largest absolute Gasteiger partial charge is 0.352 e. The van der Waals surface area contributed by atoms with E-state index in [1.165, 1.54) is 4.31 Å². The predicted octanol–water partition coefficient (Wildman–Crippen LogP) is 7.32. The summed E-state index contributed by atoms with van der Waals surface area (Å²) in [6.45, 7) is 7.73. The Morgan fingerprint density at radius 1 is 0.771 bits per heavy atom. The van der Waals surface area contributed by atoms with Crippen LogP contribution >= 0.6 is 0 Å². The van der Waals surface area contributed by atoms with Gasteiger partial charge in [0.05, 0.1) is 10.6 Å². The normalized spacial score (nSPS) is 14.1. The van der Waals surface area contributed by atoms with E-state index in [9.17, 15) is 18.0 Å². The van der Waals surface area contributed by atoms with Crippen molar-refractivity contribution in [3.63, 3.8) is 0 Å². The summed E-state index contributed by atoms with van der Waals surface area (Å²) < 4.78 is 29.8. The van der Waals surface area contributed by atoms with E-state index in [0.717, 1.165) is 53.5 Å². The number of aryl methyl sites for hydroxylation is 2. The number of hydrogen-bond acceptors (Lipinski definition) is 4. The molecule has 4 aromatic carbocycles. The second-order valence-corrected chi connectivity index (χ2v) is 15.1. The van der Waals surface area contributed by atoms with Crippen LogP contribution in [0.2, 0.25) is 0 Å². The molecule has 0 bridgehead atoms. The Hall–Kier alpha value is -4.43. The molecule has 1 saturated carbocycles. The quantitative estimate of drug-likeness (QED) is 0.162. The molecule has 8 heteroatoms. The summed E-state index contributed by atoms with van der Waals surface area (Å²) in [7, 11) is -4.15. The number of sulfonamides is 1. The van der Waals surface area contributed by atoms with Gasteiger partial charge in [-0.25, -0.2) is 8.42 Å². The van der Waals surface area contributed by atoms with Crippen LogP contribution in [0.25, 0.3) is 0 Å². The fraction of sp³-hybridized carbons (Fsp3) is 0.350. The van der Waals surface area contributed by atoms with Crippen LogP contribution in [0.15, 0.2) is 108 Å². The highest BCUT2D eigenvalue weighted by Gasteiger charge is 2.35. The molecule has 0 saturated heterocycles. The van der Waals surface area contributed by atoms with Gasteiger partial charge in [0.15, 0.2) is 0 Å². The number of hydrogen-bond donors (Lipinski definition) is 1. The van der Waals surface area contributed by atoms with Crippen LogP contribution in [-0.2, 0) is 32.6 Å². The summed E-state index contributed by atoms with van der Waals surface area (Å²) >= 11 is 0. The number of nitrogens with zero attached hydrogens (tertiary/aromatic N) is 2. The van der Waals surface area contributed by atoms with Gasteiger partial charge < -0.3 is 10.2 Å². The van der Waals surface area contributed by atoms with Crippen LogP contribution in [0.1, 0.15) is 73.3 Å². The average Bonchev–Trinajstić information content (AvgIpc) is 3.59. The molecule has 1 aliphatic carbocycles. The van der Waals surface area contributed by atoms with Gasteiger partial charge >= 0.3 is 0 Å². The third-order valence-electron chi connectivity index (χ3n) is 9.18. The van der Waals surface area contributed by atoms with Gasteiger partial charge in [-0.05, 0) is 73.6 Å². The zero-order valence-corrected chi connectivity index (χ0v) is 29.2. The number of rotatable bonds is 13. The van der Waals surface area contributed by atoms with Crippen molar-refractivity contribution in [1.82, 2.24) is 10.2 Å². The molecule has 4 aromatic rings. The highest BCUT2D eigenvalue weighted by Crippen LogP contribution is 2.28. The van der Waals surface area contributed by atoms with Crippen molar-refractivity contribution < 1.29 is 18.0 Å². The van der Waals surface area contributed by atoms with Crippen molar-refractivity contribution in [3.8, 4) is 0 Å². The second-order valence-electron chi connectivity index (χ2n) is 13.3. The van der Waals surface area contributed by atoms with Gasteiger partial charge in [0.25, 0.3) is 10.0 Å². The third kappa shape index (κ3) is 8.72. The second kappa shape index (κ2) is 15.6. The molecule has 0 radical (unpaired) electrons. The number of anilines is 1. The van der Waals surface area contributed by atoms with E-state index in [-0.39, 0.29) is 29.3 Å². The summed E-state index contributed by atoms with van der Waals surface area (Å²) in [5.41, 5.74) is 5.23. The zero-order valence-electron chi connectivity index (χ0n) is 28.4.